The van der Waals surface area contributed by atoms with Gasteiger partial charge in [-0.3, -0.25) is 4.72 Å². The monoisotopic (exact) mass is 384 g/mol. The van der Waals surface area contributed by atoms with Crippen molar-refractivity contribution in [2.75, 3.05) is 10.0 Å². The largest absolute Gasteiger partial charge is 0.353 e. The third kappa shape index (κ3) is 3.94. The number of nitrogens with zero attached hydrogens (tertiary/aromatic N) is 2. The molecule has 130 valence electrons. The van der Waals surface area contributed by atoms with Gasteiger partial charge in [0.05, 0.1) is 28.2 Å². The fourth-order valence-electron chi connectivity index (χ4n) is 2.23. The van der Waals surface area contributed by atoms with Crippen molar-refractivity contribution in [1.29, 1.82) is 5.26 Å². The van der Waals surface area contributed by atoms with E-state index < -0.39 is 10.0 Å². The van der Waals surface area contributed by atoms with E-state index in [9.17, 15) is 8.42 Å². The van der Waals surface area contributed by atoms with E-state index in [1.807, 2.05) is 6.07 Å². The number of anilines is 3. The first-order valence-electron chi connectivity index (χ1n) is 7.49. The Balaban J connectivity index is 1.78. The topological polar surface area (TPSA) is 94.9 Å². The maximum absolute atomic E-state index is 12.4. The molecule has 8 heteroatoms. The average Bonchev–Trinajstić information content (AvgIpc) is 2.64. The Morgan fingerprint density at radius 1 is 1.00 bits per heavy atom. The normalized spacial score (nSPS) is 10.8. The summed E-state index contributed by atoms with van der Waals surface area (Å²) in [6, 6.07) is 18.5. The number of sulfonamides is 1. The van der Waals surface area contributed by atoms with Crippen LogP contribution in [0.1, 0.15) is 5.56 Å². The number of nitriles is 1. The van der Waals surface area contributed by atoms with Crippen molar-refractivity contribution >= 4 is 38.8 Å². The molecule has 0 unspecified atom stereocenters. The smallest absolute Gasteiger partial charge is 0.264 e. The first kappa shape index (κ1) is 17.7. The zero-order chi connectivity index (χ0) is 18.6. The molecule has 0 saturated heterocycles. The molecule has 3 aromatic rings. The molecule has 0 aliphatic carbocycles. The van der Waals surface area contributed by atoms with Gasteiger partial charge in [-0.15, -0.1) is 0 Å². The van der Waals surface area contributed by atoms with Crippen molar-refractivity contribution in [3.05, 3.63) is 77.4 Å². The maximum atomic E-state index is 12.4. The standard InChI is InChI=1S/C18H13ClN4O2S/c19-15-6-2-4-8-17(15)26(24,25)23-18-10-9-14(12-21-18)22-16-7-3-1-5-13(16)11-20/h1-10,12,22H,(H,21,23). The summed E-state index contributed by atoms with van der Waals surface area (Å²) in [7, 11) is -3.83. The van der Waals surface area contributed by atoms with Crippen LogP contribution >= 0.6 is 11.6 Å². The summed E-state index contributed by atoms with van der Waals surface area (Å²) < 4.78 is 27.2. The summed E-state index contributed by atoms with van der Waals surface area (Å²) in [5.41, 5.74) is 1.76. The van der Waals surface area contributed by atoms with Gasteiger partial charge in [0, 0.05) is 0 Å². The van der Waals surface area contributed by atoms with Gasteiger partial charge >= 0.3 is 0 Å². The first-order valence-corrected chi connectivity index (χ1v) is 9.35. The van der Waals surface area contributed by atoms with Crippen molar-refractivity contribution in [3.8, 4) is 6.07 Å². The number of halogens is 1. The van der Waals surface area contributed by atoms with Crippen LogP contribution in [0.15, 0.2) is 71.8 Å². The first-order chi connectivity index (χ1) is 12.5. The minimum absolute atomic E-state index is 0.0198. The van der Waals surface area contributed by atoms with Crippen LogP contribution in [0.3, 0.4) is 0 Å². The molecule has 0 radical (unpaired) electrons. The molecular weight excluding hydrogens is 372 g/mol. The number of benzene rings is 2. The lowest BCUT2D eigenvalue weighted by atomic mass is 10.2. The summed E-state index contributed by atoms with van der Waals surface area (Å²) in [6.45, 7) is 0. The van der Waals surface area contributed by atoms with Crippen LogP contribution in [0, 0.1) is 11.3 Å². The van der Waals surface area contributed by atoms with Crippen LogP contribution in [0.5, 0.6) is 0 Å². The van der Waals surface area contributed by atoms with E-state index in [0.717, 1.165) is 0 Å². The number of hydrogen-bond acceptors (Lipinski definition) is 5. The quantitative estimate of drug-likeness (QED) is 0.689. The summed E-state index contributed by atoms with van der Waals surface area (Å²) in [4.78, 5) is 4.07. The predicted octanol–water partition coefficient (Wildman–Crippen LogP) is 4.15. The van der Waals surface area contributed by atoms with Gasteiger partial charge < -0.3 is 5.32 Å². The van der Waals surface area contributed by atoms with Gasteiger partial charge in [-0.25, -0.2) is 13.4 Å². The molecule has 0 aliphatic rings. The van der Waals surface area contributed by atoms with Gasteiger partial charge in [0.25, 0.3) is 10.0 Å². The average molecular weight is 385 g/mol. The Labute approximate surface area is 156 Å². The molecule has 0 amide bonds. The summed E-state index contributed by atoms with van der Waals surface area (Å²) >= 11 is 5.94. The van der Waals surface area contributed by atoms with Crippen molar-refractivity contribution in [3.63, 3.8) is 0 Å². The van der Waals surface area contributed by atoms with E-state index in [1.165, 1.54) is 24.4 Å². The molecule has 0 fully saturated rings. The van der Waals surface area contributed by atoms with Crippen LogP contribution in [-0.4, -0.2) is 13.4 Å². The molecule has 3 rings (SSSR count). The number of para-hydroxylation sites is 1. The van der Waals surface area contributed by atoms with Gasteiger partial charge in [-0.2, -0.15) is 5.26 Å². The van der Waals surface area contributed by atoms with E-state index in [0.29, 0.717) is 16.9 Å². The van der Waals surface area contributed by atoms with Crippen molar-refractivity contribution in [2.24, 2.45) is 0 Å². The second-order valence-corrected chi connectivity index (χ2v) is 7.31. The molecule has 1 aromatic heterocycles. The maximum Gasteiger partial charge on any atom is 0.264 e. The SMILES string of the molecule is N#Cc1ccccc1Nc1ccc(NS(=O)(=O)c2ccccc2Cl)nc1. The van der Waals surface area contributed by atoms with Crippen LogP contribution in [0.2, 0.25) is 5.02 Å². The summed E-state index contributed by atoms with van der Waals surface area (Å²) in [6.07, 6.45) is 1.47. The van der Waals surface area contributed by atoms with Crippen LogP contribution < -0.4 is 10.0 Å². The number of aromatic nitrogens is 1. The molecule has 2 N–H and O–H groups in total. The fraction of sp³-hybridized carbons (Fsp3) is 0. The summed E-state index contributed by atoms with van der Waals surface area (Å²) in [5.74, 6) is 0.157. The zero-order valence-corrected chi connectivity index (χ0v) is 14.9. The number of rotatable bonds is 5. The highest BCUT2D eigenvalue weighted by atomic mass is 35.5. The Hall–Kier alpha value is -3.08. The number of hydrogen-bond donors (Lipinski definition) is 2. The molecule has 0 saturated carbocycles. The lowest BCUT2D eigenvalue weighted by Gasteiger charge is -2.10. The molecule has 0 bridgehead atoms. The van der Waals surface area contributed by atoms with Gasteiger partial charge in [-0.1, -0.05) is 35.9 Å². The summed E-state index contributed by atoms with van der Waals surface area (Å²) in [5, 5.41) is 12.3. The molecule has 0 atom stereocenters. The van der Waals surface area contributed by atoms with Crippen molar-refractivity contribution < 1.29 is 8.42 Å². The minimum atomic E-state index is -3.83. The zero-order valence-electron chi connectivity index (χ0n) is 13.3. The van der Waals surface area contributed by atoms with Gasteiger partial charge in [0.2, 0.25) is 0 Å². The highest BCUT2D eigenvalue weighted by Gasteiger charge is 2.17. The fourth-order valence-corrected chi connectivity index (χ4v) is 3.76. The van der Waals surface area contributed by atoms with Crippen molar-refractivity contribution in [1.82, 2.24) is 4.98 Å². The molecule has 0 aliphatic heterocycles. The lowest BCUT2D eigenvalue weighted by molar-refractivity contribution is 0.601. The third-order valence-corrected chi connectivity index (χ3v) is 5.31. The molecule has 0 spiro atoms. The van der Waals surface area contributed by atoms with E-state index in [4.69, 9.17) is 16.9 Å². The second-order valence-electron chi connectivity index (χ2n) is 5.25. The Kier molecular flexibility index (Phi) is 5.07. The number of nitrogens with one attached hydrogen (secondary N) is 2. The third-order valence-electron chi connectivity index (χ3n) is 3.46. The molecular formula is C18H13ClN4O2S. The van der Waals surface area contributed by atoms with Gasteiger partial charge in [-0.05, 0) is 36.4 Å². The van der Waals surface area contributed by atoms with E-state index in [-0.39, 0.29) is 15.7 Å². The minimum Gasteiger partial charge on any atom is -0.353 e. The van der Waals surface area contributed by atoms with Gasteiger partial charge in [0.1, 0.15) is 16.8 Å². The Morgan fingerprint density at radius 3 is 2.42 bits per heavy atom. The van der Waals surface area contributed by atoms with E-state index in [1.54, 1.807) is 36.4 Å². The molecule has 26 heavy (non-hydrogen) atoms. The molecule has 6 nitrogen and oxygen atoms in total. The second kappa shape index (κ2) is 7.44. The van der Waals surface area contributed by atoms with Gasteiger partial charge in [0.15, 0.2) is 0 Å². The number of pyridine rings is 1. The lowest BCUT2D eigenvalue weighted by Crippen LogP contribution is -2.14. The Morgan fingerprint density at radius 2 is 1.73 bits per heavy atom. The highest BCUT2D eigenvalue weighted by Crippen LogP contribution is 2.24. The van der Waals surface area contributed by atoms with Crippen LogP contribution in [0.25, 0.3) is 0 Å². The van der Waals surface area contributed by atoms with Crippen LogP contribution in [0.4, 0.5) is 17.2 Å². The van der Waals surface area contributed by atoms with Crippen molar-refractivity contribution in [2.45, 2.75) is 4.90 Å². The van der Waals surface area contributed by atoms with E-state index >= 15 is 0 Å². The highest BCUT2D eigenvalue weighted by molar-refractivity contribution is 7.92. The molecule has 1 heterocycles. The molecule has 2 aromatic carbocycles. The predicted molar refractivity (Wildman–Crippen MR) is 101 cm³/mol. The van der Waals surface area contributed by atoms with Crippen LogP contribution in [-0.2, 0) is 10.0 Å². The Bertz CT molecular complexity index is 1080. The van der Waals surface area contributed by atoms with E-state index in [2.05, 4.69) is 21.1 Å².